The van der Waals surface area contributed by atoms with Gasteiger partial charge in [0.1, 0.15) is 11.5 Å². The van der Waals surface area contributed by atoms with E-state index in [-0.39, 0.29) is 5.91 Å². The molecule has 0 fully saturated rings. The SMILES string of the molecule is CCCCOc1ccc(C(=O)Nc2cccc(Oc3ccccc3)c2)cc1OCC. The number of unbranched alkanes of at least 4 members (excludes halogenated alkanes) is 1. The van der Waals surface area contributed by atoms with Crippen LogP contribution >= 0.6 is 0 Å². The molecule has 0 saturated carbocycles. The lowest BCUT2D eigenvalue weighted by molar-refractivity contribution is 0.102. The summed E-state index contributed by atoms with van der Waals surface area (Å²) in [5, 5.41) is 2.91. The van der Waals surface area contributed by atoms with Gasteiger partial charge in [-0.25, -0.2) is 0 Å². The first kappa shape index (κ1) is 21.2. The van der Waals surface area contributed by atoms with Crippen LogP contribution in [0.2, 0.25) is 0 Å². The van der Waals surface area contributed by atoms with Crippen LogP contribution in [0.5, 0.6) is 23.0 Å². The first-order valence-corrected chi connectivity index (χ1v) is 10.2. The lowest BCUT2D eigenvalue weighted by Crippen LogP contribution is -2.12. The van der Waals surface area contributed by atoms with E-state index >= 15 is 0 Å². The van der Waals surface area contributed by atoms with Crippen molar-refractivity contribution in [3.63, 3.8) is 0 Å². The molecule has 0 saturated heterocycles. The van der Waals surface area contributed by atoms with Crippen LogP contribution in [0.3, 0.4) is 0 Å². The number of hydrogen-bond acceptors (Lipinski definition) is 4. The lowest BCUT2D eigenvalue weighted by Gasteiger charge is -2.13. The van der Waals surface area contributed by atoms with Crippen LogP contribution in [0.15, 0.2) is 72.8 Å². The number of benzene rings is 3. The Morgan fingerprint density at radius 1 is 0.833 bits per heavy atom. The van der Waals surface area contributed by atoms with Gasteiger partial charge in [0.25, 0.3) is 5.91 Å². The molecule has 1 amide bonds. The van der Waals surface area contributed by atoms with Crippen molar-refractivity contribution < 1.29 is 19.0 Å². The number of para-hydroxylation sites is 1. The minimum atomic E-state index is -0.229. The molecule has 0 bridgehead atoms. The van der Waals surface area contributed by atoms with Crippen LogP contribution in [0.25, 0.3) is 0 Å². The van der Waals surface area contributed by atoms with Crippen molar-refractivity contribution in [2.75, 3.05) is 18.5 Å². The van der Waals surface area contributed by atoms with Crippen molar-refractivity contribution in [2.45, 2.75) is 26.7 Å². The van der Waals surface area contributed by atoms with Crippen molar-refractivity contribution in [3.05, 3.63) is 78.4 Å². The molecule has 0 unspecified atom stereocenters. The van der Waals surface area contributed by atoms with E-state index in [2.05, 4.69) is 12.2 Å². The number of ether oxygens (including phenoxy) is 3. The van der Waals surface area contributed by atoms with E-state index in [0.29, 0.717) is 41.7 Å². The molecule has 30 heavy (non-hydrogen) atoms. The second-order valence-corrected chi connectivity index (χ2v) is 6.69. The largest absolute Gasteiger partial charge is 0.490 e. The van der Waals surface area contributed by atoms with Crippen LogP contribution in [0.1, 0.15) is 37.0 Å². The standard InChI is InChI=1S/C25H27NO4/c1-3-5-16-29-23-15-14-19(17-24(23)28-4-2)25(27)26-20-10-9-13-22(18-20)30-21-11-7-6-8-12-21/h6-15,17-18H,3-5,16H2,1-2H3,(H,26,27). The fourth-order valence-electron chi connectivity index (χ4n) is 2.83. The third-order valence-electron chi connectivity index (χ3n) is 4.33. The molecule has 1 N–H and O–H groups in total. The van der Waals surface area contributed by atoms with Crippen LogP contribution in [0, 0.1) is 0 Å². The van der Waals surface area contributed by atoms with E-state index in [9.17, 15) is 4.79 Å². The molecule has 0 radical (unpaired) electrons. The zero-order chi connectivity index (χ0) is 21.2. The van der Waals surface area contributed by atoms with E-state index in [0.717, 1.165) is 18.6 Å². The molecular weight excluding hydrogens is 378 g/mol. The summed E-state index contributed by atoms with van der Waals surface area (Å²) < 4.78 is 17.3. The topological polar surface area (TPSA) is 56.8 Å². The molecule has 5 nitrogen and oxygen atoms in total. The monoisotopic (exact) mass is 405 g/mol. The summed E-state index contributed by atoms with van der Waals surface area (Å²) in [6, 6.07) is 22.0. The van der Waals surface area contributed by atoms with E-state index in [1.165, 1.54) is 0 Å². The normalized spacial score (nSPS) is 10.3. The first-order chi connectivity index (χ1) is 14.7. The maximum absolute atomic E-state index is 12.8. The van der Waals surface area contributed by atoms with Gasteiger partial charge < -0.3 is 19.5 Å². The summed E-state index contributed by atoms with van der Waals surface area (Å²) in [6.45, 7) is 5.13. The van der Waals surface area contributed by atoms with Crippen LogP contribution in [0.4, 0.5) is 5.69 Å². The predicted octanol–water partition coefficient (Wildman–Crippen LogP) is 6.31. The minimum Gasteiger partial charge on any atom is -0.490 e. The van der Waals surface area contributed by atoms with E-state index in [1.54, 1.807) is 24.3 Å². The molecule has 3 aromatic rings. The Kier molecular flexibility index (Phi) is 7.72. The van der Waals surface area contributed by atoms with Gasteiger partial charge >= 0.3 is 0 Å². The van der Waals surface area contributed by atoms with E-state index in [1.807, 2.05) is 55.5 Å². The molecule has 3 aromatic carbocycles. The Bertz CT molecular complexity index is 956. The van der Waals surface area contributed by atoms with Crippen LogP contribution in [-0.4, -0.2) is 19.1 Å². The highest BCUT2D eigenvalue weighted by molar-refractivity contribution is 6.04. The smallest absolute Gasteiger partial charge is 0.255 e. The quantitative estimate of drug-likeness (QED) is 0.402. The third kappa shape index (κ3) is 6.01. The van der Waals surface area contributed by atoms with E-state index in [4.69, 9.17) is 14.2 Å². The van der Waals surface area contributed by atoms with E-state index < -0.39 is 0 Å². The van der Waals surface area contributed by atoms with Gasteiger partial charge in [0, 0.05) is 17.3 Å². The fraction of sp³-hybridized carbons (Fsp3) is 0.240. The zero-order valence-corrected chi connectivity index (χ0v) is 17.4. The molecule has 0 aliphatic carbocycles. The van der Waals surface area contributed by atoms with Crippen molar-refractivity contribution in [1.29, 1.82) is 0 Å². The molecule has 5 heteroatoms. The summed E-state index contributed by atoms with van der Waals surface area (Å²) in [5.41, 5.74) is 1.14. The Hall–Kier alpha value is -3.47. The number of anilines is 1. The van der Waals surface area contributed by atoms with Gasteiger partial charge in [0.05, 0.1) is 13.2 Å². The Morgan fingerprint density at radius 3 is 2.40 bits per heavy atom. The maximum atomic E-state index is 12.8. The highest BCUT2D eigenvalue weighted by Crippen LogP contribution is 2.29. The Balaban J connectivity index is 1.70. The highest BCUT2D eigenvalue weighted by atomic mass is 16.5. The molecule has 0 spiro atoms. The van der Waals surface area contributed by atoms with Crippen molar-refractivity contribution in [1.82, 2.24) is 0 Å². The number of carbonyl (C=O) groups excluding carboxylic acids is 1. The summed E-state index contributed by atoms with van der Waals surface area (Å²) in [7, 11) is 0. The van der Waals surface area contributed by atoms with Gasteiger partial charge in [-0.15, -0.1) is 0 Å². The number of nitrogens with one attached hydrogen (secondary N) is 1. The average Bonchev–Trinajstić information content (AvgIpc) is 2.76. The third-order valence-corrected chi connectivity index (χ3v) is 4.33. The fourth-order valence-corrected chi connectivity index (χ4v) is 2.83. The lowest BCUT2D eigenvalue weighted by atomic mass is 10.1. The Labute approximate surface area is 177 Å². The molecule has 0 aliphatic heterocycles. The van der Waals surface area contributed by atoms with Crippen LogP contribution in [-0.2, 0) is 0 Å². The molecule has 0 heterocycles. The highest BCUT2D eigenvalue weighted by Gasteiger charge is 2.12. The second-order valence-electron chi connectivity index (χ2n) is 6.69. The number of amides is 1. The van der Waals surface area contributed by atoms with Crippen molar-refractivity contribution >= 4 is 11.6 Å². The minimum absolute atomic E-state index is 0.229. The predicted molar refractivity (Wildman–Crippen MR) is 119 cm³/mol. The number of rotatable bonds is 10. The molecule has 3 rings (SSSR count). The Morgan fingerprint density at radius 2 is 1.63 bits per heavy atom. The molecule has 156 valence electrons. The van der Waals surface area contributed by atoms with Gasteiger partial charge in [-0.1, -0.05) is 37.6 Å². The van der Waals surface area contributed by atoms with Crippen molar-refractivity contribution in [3.8, 4) is 23.0 Å². The van der Waals surface area contributed by atoms with Gasteiger partial charge in [-0.05, 0) is 55.8 Å². The number of hydrogen-bond donors (Lipinski definition) is 1. The summed E-state index contributed by atoms with van der Waals surface area (Å²) in [4.78, 5) is 12.8. The summed E-state index contributed by atoms with van der Waals surface area (Å²) in [5.74, 6) is 2.38. The summed E-state index contributed by atoms with van der Waals surface area (Å²) >= 11 is 0. The zero-order valence-electron chi connectivity index (χ0n) is 17.4. The molecule has 0 aromatic heterocycles. The molecule has 0 atom stereocenters. The average molecular weight is 405 g/mol. The second kappa shape index (κ2) is 10.9. The first-order valence-electron chi connectivity index (χ1n) is 10.2. The van der Waals surface area contributed by atoms with Gasteiger partial charge in [0.15, 0.2) is 11.5 Å². The van der Waals surface area contributed by atoms with Gasteiger partial charge in [-0.2, -0.15) is 0 Å². The van der Waals surface area contributed by atoms with Crippen LogP contribution < -0.4 is 19.5 Å². The van der Waals surface area contributed by atoms with Crippen molar-refractivity contribution in [2.24, 2.45) is 0 Å². The van der Waals surface area contributed by atoms with Gasteiger partial charge in [0.2, 0.25) is 0 Å². The molecule has 0 aliphatic rings. The van der Waals surface area contributed by atoms with Gasteiger partial charge in [-0.3, -0.25) is 4.79 Å². The molecular formula is C25H27NO4. The maximum Gasteiger partial charge on any atom is 0.255 e. The summed E-state index contributed by atoms with van der Waals surface area (Å²) in [6.07, 6.45) is 2.02. The number of carbonyl (C=O) groups is 1.